The van der Waals surface area contributed by atoms with Gasteiger partial charge in [0.2, 0.25) is 0 Å². The summed E-state index contributed by atoms with van der Waals surface area (Å²) in [5.74, 6) is 1.43. The van der Waals surface area contributed by atoms with Crippen molar-refractivity contribution < 1.29 is 14.3 Å². The largest absolute Gasteiger partial charge is 0.497 e. The standard InChI is InChI=1S/C22H27N5O3/c1-13-21(14(2)26(3)25-13)17-12-18(24-23-17)22(28)27-10-6-7-19(27)16-11-15(29-4)8-9-20(16)30-5/h8-9,11-12,19H,6-7,10H2,1-5H3,(H,23,24). The van der Waals surface area contributed by atoms with E-state index in [1.807, 2.05) is 54.7 Å². The molecule has 3 heterocycles. The van der Waals surface area contributed by atoms with Gasteiger partial charge in [-0.25, -0.2) is 0 Å². The molecule has 0 spiro atoms. The van der Waals surface area contributed by atoms with Crippen LogP contribution in [0, 0.1) is 13.8 Å². The van der Waals surface area contributed by atoms with Crippen LogP contribution in [-0.4, -0.2) is 51.5 Å². The maximum absolute atomic E-state index is 13.4. The van der Waals surface area contributed by atoms with Gasteiger partial charge >= 0.3 is 0 Å². The highest BCUT2D eigenvalue weighted by molar-refractivity contribution is 5.94. The van der Waals surface area contributed by atoms with E-state index in [9.17, 15) is 4.79 Å². The molecule has 0 bridgehead atoms. The number of aromatic nitrogens is 4. The number of likely N-dealkylation sites (tertiary alicyclic amines) is 1. The number of nitrogens with one attached hydrogen (secondary N) is 1. The van der Waals surface area contributed by atoms with Crippen LogP contribution < -0.4 is 9.47 Å². The second-order valence-corrected chi connectivity index (χ2v) is 7.60. The minimum atomic E-state index is -0.0730. The summed E-state index contributed by atoms with van der Waals surface area (Å²) >= 11 is 0. The van der Waals surface area contributed by atoms with Crippen molar-refractivity contribution in [2.24, 2.45) is 7.05 Å². The molecule has 1 unspecified atom stereocenters. The Bertz CT molecular complexity index is 1080. The lowest BCUT2D eigenvalue weighted by Gasteiger charge is -2.26. The zero-order chi connectivity index (χ0) is 21.4. The Morgan fingerprint density at radius 1 is 1.20 bits per heavy atom. The number of benzene rings is 1. The molecule has 30 heavy (non-hydrogen) atoms. The molecule has 0 radical (unpaired) electrons. The number of hydrogen-bond acceptors (Lipinski definition) is 5. The van der Waals surface area contributed by atoms with Gasteiger partial charge in [0.05, 0.1) is 31.6 Å². The lowest BCUT2D eigenvalue weighted by Crippen LogP contribution is -2.31. The lowest BCUT2D eigenvalue weighted by molar-refractivity contribution is 0.0728. The first kappa shape index (κ1) is 20.0. The van der Waals surface area contributed by atoms with Crippen molar-refractivity contribution in [3.8, 4) is 22.8 Å². The van der Waals surface area contributed by atoms with Crippen molar-refractivity contribution in [3.05, 3.63) is 46.9 Å². The number of nitrogens with zero attached hydrogens (tertiary/aromatic N) is 4. The third kappa shape index (κ3) is 3.32. The summed E-state index contributed by atoms with van der Waals surface area (Å²) in [5.41, 5.74) is 5.03. The first-order chi connectivity index (χ1) is 14.4. The fourth-order valence-corrected chi connectivity index (χ4v) is 4.29. The van der Waals surface area contributed by atoms with E-state index in [2.05, 4.69) is 15.3 Å². The van der Waals surface area contributed by atoms with E-state index in [4.69, 9.17) is 9.47 Å². The number of methoxy groups -OCH3 is 2. The van der Waals surface area contributed by atoms with Crippen molar-refractivity contribution in [2.45, 2.75) is 32.7 Å². The first-order valence-electron chi connectivity index (χ1n) is 10.0. The van der Waals surface area contributed by atoms with Crippen LogP contribution in [0.15, 0.2) is 24.3 Å². The summed E-state index contributed by atoms with van der Waals surface area (Å²) in [6, 6.07) is 7.45. The average Bonchev–Trinajstić information content (AvgIpc) is 3.47. The zero-order valence-corrected chi connectivity index (χ0v) is 18.0. The Balaban J connectivity index is 1.65. The van der Waals surface area contributed by atoms with Gasteiger partial charge in [0.15, 0.2) is 0 Å². The molecule has 8 heteroatoms. The molecule has 1 atom stereocenters. The van der Waals surface area contributed by atoms with Gasteiger partial charge in [-0.1, -0.05) is 0 Å². The number of aryl methyl sites for hydroxylation is 2. The highest BCUT2D eigenvalue weighted by Gasteiger charge is 2.33. The number of hydrogen-bond donors (Lipinski definition) is 1. The van der Waals surface area contributed by atoms with Crippen molar-refractivity contribution in [1.29, 1.82) is 0 Å². The van der Waals surface area contributed by atoms with Gasteiger partial charge in [0.25, 0.3) is 5.91 Å². The van der Waals surface area contributed by atoms with Gasteiger partial charge in [-0.2, -0.15) is 10.2 Å². The maximum Gasteiger partial charge on any atom is 0.272 e. The summed E-state index contributed by atoms with van der Waals surface area (Å²) in [6.07, 6.45) is 1.80. The fraction of sp³-hybridized carbons (Fsp3) is 0.409. The minimum Gasteiger partial charge on any atom is -0.497 e. The Morgan fingerprint density at radius 2 is 2.00 bits per heavy atom. The molecular formula is C22H27N5O3. The van der Waals surface area contributed by atoms with Crippen LogP contribution in [0.5, 0.6) is 11.5 Å². The number of carbonyl (C=O) groups excluding carboxylic acids is 1. The fourth-order valence-electron chi connectivity index (χ4n) is 4.29. The second-order valence-electron chi connectivity index (χ2n) is 7.60. The molecule has 3 aromatic rings. The smallest absolute Gasteiger partial charge is 0.272 e. The monoisotopic (exact) mass is 409 g/mol. The minimum absolute atomic E-state index is 0.0691. The van der Waals surface area contributed by atoms with Crippen LogP contribution in [-0.2, 0) is 7.05 Å². The molecule has 1 aromatic carbocycles. The summed E-state index contributed by atoms with van der Waals surface area (Å²) < 4.78 is 12.8. The number of amides is 1. The number of H-pyrrole nitrogens is 1. The van der Waals surface area contributed by atoms with E-state index in [-0.39, 0.29) is 11.9 Å². The second kappa shape index (κ2) is 7.85. The van der Waals surface area contributed by atoms with Gasteiger partial charge in [0, 0.05) is 30.4 Å². The average molecular weight is 409 g/mol. The van der Waals surface area contributed by atoms with Gasteiger partial charge in [0.1, 0.15) is 17.2 Å². The number of rotatable bonds is 5. The molecule has 0 saturated carbocycles. The van der Waals surface area contributed by atoms with Crippen LogP contribution >= 0.6 is 0 Å². The van der Waals surface area contributed by atoms with Crippen LogP contribution in [0.4, 0.5) is 0 Å². The van der Waals surface area contributed by atoms with E-state index in [1.165, 1.54) is 0 Å². The molecule has 1 saturated heterocycles. The normalized spacial score (nSPS) is 16.2. The Labute approximate surface area is 175 Å². The summed E-state index contributed by atoms with van der Waals surface area (Å²) in [6.45, 7) is 4.63. The first-order valence-corrected chi connectivity index (χ1v) is 10.0. The van der Waals surface area contributed by atoms with Crippen molar-refractivity contribution in [1.82, 2.24) is 24.9 Å². The number of ether oxygens (including phenoxy) is 2. The molecule has 1 N–H and O–H groups in total. The van der Waals surface area contributed by atoms with Gasteiger partial charge in [-0.15, -0.1) is 0 Å². The van der Waals surface area contributed by atoms with Crippen LogP contribution in [0.1, 0.15) is 46.3 Å². The molecule has 0 aliphatic carbocycles. The Kier molecular flexibility index (Phi) is 5.24. The quantitative estimate of drug-likeness (QED) is 0.698. The van der Waals surface area contributed by atoms with Crippen molar-refractivity contribution >= 4 is 5.91 Å². The maximum atomic E-state index is 13.4. The highest BCUT2D eigenvalue weighted by atomic mass is 16.5. The van der Waals surface area contributed by atoms with E-state index in [1.54, 1.807) is 14.2 Å². The van der Waals surface area contributed by atoms with Gasteiger partial charge < -0.3 is 14.4 Å². The summed E-state index contributed by atoms with van der Waals surface area (Å²) in [7, 11) is 5.19. The molecule has 1 amide bonds. The predicted molar refractivity (Wildman–Crippen MR) is 113 cm³/mol. The van der Waals surface area contributed by atoms with Crippen LogP contribution in [0.25, 0.3) is 11.3 Å². The number of carbonyl (C=O) groups is 1. The highest BCUT2D eigenvalue weighted by Crippen LogP contribution is 2.39. The molecule has 1 fully saturated rings. The lowest BCUT2D eigenvalue weighted by atomic mass is 10.0. The van der Waals surface area contributed by atoms with Crippen molar-refractivity contribution in [3.63, 3.8) is 0 Å². The third-order valence-corrected chi connectivity index (χ3v) is 5.88. The van der Waals surface area contributed by atoms with E-state index >= 15 is 0 Å². The Hall–Kier alpha value is -3.29. The third-order valence-electron chi connectivity index (χ3n) is 5.88. The molecule has 8 nitrogen and oxygen atoms in total. The molecule has 2 aromatic heterocycles. The SMILES string of the molecule is COc1ccc(OC)c(C2CCCN2C(=O)c2cc(-c3c(C)nn(C)c3C)n[nH]2)c1. The summed E-state index contributed by atoms with van der Waals surface area (Å²) in [4.78, 5) is 15.3. The van der Waals surface area contributed by atoms with E-state index in [0.717, 1.165) is 52.5 Å². The Morgan fingerprint density at radius 3 is 2.67 bits per heavy atom. The number of aromatic amines is 1. The van der Waals surface area contributed by atoms with Crippen LogP contribution in [0.3, 0.4) is 0 Å². The topological polar surface area (TPSA) is 85.3 Å². The van der Waals surface area contributed by atoms with E-state index < -0.39 is 0 Å². The van der Waals surface area contributed by atoms with Gasteiger partial charge in [-0.3, -0.25) is 14.6 Å². The predicted octanol–water partition coefficient (Wildman–Crippen LogP) is 3.42. The molecule has 158 valence electrons. The molecule has 4 rings (SSSR count). The van der Waals surface area contributed by atoms with Gasteiger partial charge in [-0.05, 0) is 51.0 Å². The molecule has 1 aliphatic heterocycles. The van der Waals surface area contributed by atoms with Crippen molar-refractivity contribution in [2.75, 3.05) is 20.8 Å². The zero-order valence-electron chi connectivity index (χ0n) is 18.0. The van der Waals surface area contributed by atoms with Crippen LogP contribution in [0.2, 0.25) is 0 Å². The molecular weight excluding hydrogens is 382 g/mol. The summed E-state index contributed by atoms with van der Waals surface area (Å²) in [5, 5.41) is 11.8. The van der Waals surface area contributed by atoms with E-state index in [0.29, 0.717) is 12.2 Å². The molecule has 1 aliphatic rings.